The number of hydrogen-bond acceptors (Lipinski definition) is 4. The maximum absolute atomic E-state index is 12.0. The molecule has 0 aliphatic rings. The summed E-state index contributed by atoms with van der Waals surface area (Å²) in [6, 6.07) is 6.60. The molecule has 2 aromatic heterocycles. The number of pyridine rings is 2. The Morgan fingerprint density at radius 1 is 1.10 bits per heavy atom. The molecule has 0 saturated heterocycles. The van der Waals surface area contributed by atoms with Crippen molar-refractivity contribution < 1.29 is 9.59 Å². The van der Waals surface area contributed by atoms with Crippen LogP contribution < -0.4 is 5.32 Å². The predicted octanol–water partition coefficient (Wildman–Crippen LogP) is 1.16. The molecule has 0 saturated carbocycles. The summed E-state index contributed by atoms with van der Waals surface area (Å²) in [4.78, 5) is 35.6. The average molecular weight is 347 g/mol. The Bertz CT molecular complexity index is 659. The van der Waals surface area contributed by atoms with Crippen molar-refractivity contribution >= 4 is 31.5 Å². The van der Waals surface area contributed by atoms with Gasteiger partial charge in [0, 0.05) is 0 Å². The fourth-order valence-electron chi connectivity index (χ4n) is 1.44. The molecule has 7 heteroatoms. The summed E-state index contributed by atoms with van der Waals surface area (Å²) >= 11 is -0.129. The van der Waals surface area contributed by atoms with Gasteiger partial charge < -0.3 is 0 Å². The maximum atomic E-state index is 12.0. The minimum absolute atomic E-state index is 0.129. The Balaban J connectivity index is 2.11. The van der Waals surface area contributed by atoms with Crippen LogP contribution >= 0.6 is 0 Å². The summed E-state index contributed by atoms with van der Waals surface area (Å²) in [7, 11) is 0. The van der Waals surface area contributed by atoms with Crippen molar-refractivity contribution in [2.24, 2.45) is 4.99 Å². The molecule has 0 aliphatic carbocycles. The molecule has 0 aliphatic heterocycles. The number of hydrogen-bond donors (Lipinski definition) is 1. The molecule has 0 radical (unpaired) electrons. The molecule has 21 heavy (non-hydrogen) atoms. The van der Waals surface area contributed by atoms with Gasteiger partial charge in [0.1, 0.15) is 0 Å². The van der Waals surface area contributed by atoms with Crippen molar-refractivity contribution in [2.45, 2.75) is 5.82 Å². The van der Waals surface area contributed by atoms with E-state index in [-0.39, 0.29) is 20.9 Å². The molecule has 0 atom stereocenters. The Labute approximate surface area is 127 Å². The molecule has 0 spiro atoms. The number of amidine groups is 1. The molecule has 2 heterocycles. The first-order valence-electron chi connectivity index (χ1n) is 5.99. The van der Waals surface area contributed by atoms with Gasteiger partial charge in [-0.2, -0.15) is 0 Å². The Morgan fingerprint density at radius 3 is 2.24 bits per heavy atom. The van der Waals surface area contributed by atoms with Gasteiger partial charge in [-0.25, -0.2) is 0 Å². The molecule has 0 fully saturated rings. The van der Waals surface area contributed by atoms with E-state index in [0.717, 1.165) is 0 Å². The summed E-state index contributed by atoms with van der Waals surface area (Å²) in [6.07, 6.45) is 6.06. The fraction of sp³-hybridized carbons (Fsp3) is 0.0714. The van der Waals surface area contributed by atoms with E-state index in [1.54, 1.807) is 36.7 Å². The van der Waals surface area contributed by atoms with Crippen molar-refractivity contribution in [3.63, 3.8) is 0 Å². The van der Waals surface area contributed by atoms with Crippen LogP contribution in [0.2, 0.25) is 5.82 Å². The van der Waals surface area contributed by atoms with E-state index in [0.29, 0.717) is 15.9 Å². The second-order valence-electron chi connectivity index (χ2n) is 3.86. The van der Waals surface area contributed by atoms with Gasteiger partial charge in [-0.1, -0.05) is 0 Å². The van der Waals surface area contributed by atoms with Crippen molar-refractivity contribution in [1.82, 2.24) is 15.3 Å². The first-order chi connectivity index (χ1) is 10.2. The number of nitrogens with one attached hydrogen (secondary N) is 1. The molecule has 0 unspecified atom stereocenters. The van der Waals surface area contributed by atoms with E-state index in [4.69, 9.17) is 0 Å². The third-order valence-electron chi connectivity index (χ3n) is 2.45. The fourth-order valence-corrected chi connectivity index (χ4v) is 2.21. The van der Waals surface area contributed by atoms with Crippen LogP contribution in [0, 0.1) is 0 Å². The van der Waals surface area contributed by atoms with Crippen LogP contribution in [0.3, 0.4) is 0 Å². The molecule has 2 aromatic rings. The van der Waals surface area contributed by atoms with Gasteiger partial charge in [0.25, 0.3) is 0 Å². The van der Waals surface area contributed by atoms with Crippen molar-refractivity contribution in [1.29, 1.82) is 0 Å². The number of carbonyl (C=O) groups is 2. The molecule has 0 aromatic carbocycles. The van der Waals surface area contributed by atoms with Crippen LogP contribution in [-0.2, 0) is 0 Å². The topological polar surface area (TPSA) is 84.3 Å². The second kappa shape index (κ2) is 7.42. The average Bonchev–Trinajstić information content (AvgIpc) is 2.55. The van der Waals surface area contributed by atoms with Gasteiger partial charge in [0.2, 0.25) is 0 Å². The number of carbonyl (C=O) groups excluding carboxylic acids is 2. The van der Waals surface area contributed by atoms with Crippen LogP contribution in [0.15, 0.2) is 54.0 Å². The quantitative estimate of drug-likeness (QED) is 0.513. The van der Waals surface area contributed by atoms with Gasteiger partial charge in [0.15, 0.2) is 0 Å². The third kappa shape index (κ3) is 4.30. The summed E-state index contributed by atoms with van der Waals surface area (Å²) < 4.78 is 0.366. The van der Waals surface area contributed by atoms with Crippen molar-refractivity contribution in [3.05, 3.63) is 60.2 Å². The monoisotopic (exact) mass is 348 g/mol. The molecule has 106 valence electrons. The number of aromatic nitrogens is 2. The van der Waals surface area contributed by atoms with Crippen molar-refractivity contribution in [3.8, 4) is 0 Å². The normalized spacial score (nSPS) is 11.0. The van der Waals surface area contributed by atoms with Crippen molar-refractivity contribution in [2.75, 3.05) is 0 Å². The van der Waals surface area contributed by atoms with Crippen LogP contribution in [0.5, 0.6) is 0 Å². The van der Waals surface area contributed by atoms with Gasteiger partial charge in [-0.05, 0) is 0 Å². The molecule has 0 bridgehead atoms. The molecule has 6 nitrogen and oxygen atoms in total. The summed E-state index contributed by atoms with van der Waals surface area (Å²) in [5, 5.41) is 2.64. The molecular formula is C14H12N4O2Se. The number of rotatable bonds is 3. The molecule has 1 N–H and O–H groups in total. The van der Waals surface area contributed by atoms with E-state index in [9.17, 15) is 9.59 Å². The van der Waals surface area contributed by atoms with Crippen LogP contribution in [0.4, 0.5) is 0 Å². The van der Waals surface area contributed by atoms with Gasteiger partial charge >= 0.3 is 127 Å². The SMILES string of the molecule is C[Se]C(=NC(=O)c1cccnc1)NC(=O)c1cccnc1. The van der Waals surface area contributed by atoms with E-state index in [1.165, 1.54) is 12.4 Å². The second-order valence-corrected chi connectivity index (χ2v) is 5.53. The van der Waals surface area contributed by atoms with Crippen LogP contribution in [0.25, 0.3) is 0 Å². The van der Waals surface area contributed by atoms with Gasteiger partial charge in [-0.3, -0.25) is 0 Å². The number of amides is 2. The Kier molecular flexibility index (Phi) is 5.31. The number of aliphatic imine (C=N–C) groups is 1. The van der Waals surface area contributed by atoms with Crippen LogP contribution in [-0.4, -0.2) is 41.5 Å². The predicted molar refractivity (Wildman–Crippen MR) is 79.3 cm³/mol. The number of nitrogens with zero attached hydrogens (tertiary/aromatic N) is 3. The van der Waals surface area contributed by atoms with E-state index < -0.39 is 5.91 Å². The van der Waals surface area contributed by atoms with E-state index in [1.807, 2.05) is 5.82 Å². The van der Waals surface area contributed by atoms with Gasteiger partial charge in [-0.15, -0.1) is 0 Å². The summed E-state index contributed by atoms with van der Waals surface area (Å²) in [5.41, 5.74) is 0.804. The first kappa shape index (κ1) is 15.0. The van der Waals surface area contributed by atoms with Crippen LogP contribution in [0.1, 0.15) is 20.7 Å². The van der Waals surface area contributed by atoms with E-state index >= 15 is 0 Å². The summed E-state index contributed by atoms with van der Waals surface area (Å²) in [6.45, 7) is 0. The Morgan fingerprint density at radius 2 is 1.71 bits per heavy atom. The Hall–Kier alpha value is -2.37. The summed E-state index contributed by atoms with van der Waals surface area (Å²) in [5.74, 6) is 1.11. The molecule has 2 rings (SSSR count). The first-order valence-corrected chi connectivity index (χ1v) is 8.56. The molecular weight excluding hydrogens is 335 g/mol. The zero-order valence-corrected chi connectivity index (χ0v) is 12.9. The standard InChI is InChI=1S/C14H12N4O2Se/c1-21-14(17-12(19)10-4-2-6-15-8-10)18-13(20)11-5-3-7-16-9-11/h2-9H,1H3,(H,17,18,19,20). The van der Waals surface area contributed by atoms with Gasteiger partial charge in [0.05, 0.1) is 0 Å². The van der Waals surface area contributed by atoms with E-state index in [2.05, 4.69) is 20.3 Å². The third-order valence-corrected chi connectivity index (χ3v) is 3.67. The molecule has 2 amide bonds. The minimum atomic E-state index is -0.423. The zero-order chi connectivity index (χ0) is 15.1. The zero-order valence-electron chi connectivity index (χ0n) is 11.2.